The number of nitrogens with zero attached hydrogens (tertiary/aromatic N) is 1. The molecule has 1 aromatic carbocycles. The van der Waals surface area contributed by atoms with Crippen molar-refractivity contribution in [2.75, 3.05) is 0 Å². The van der Waals surface area contributed by atoms with Crippen molar-refractivity contribution in [2.45, 2.75) is 38.3 Å². The summed E-state index contributed by atoms with van der Waals surface area (Å²) in [6, 6.07) is 9.01. The summed E-state index contributed by atoms with van der Waals surface area (Å²) >= 11 is 0. The third-order valence-corrected chi connectivity index (χ3v) is 3.40. The number of hydrogen-bond acceptors (Lipinski definition) is 7. The summed E-state index contributed by atoms with van der Waals surface area (Å²) in [5.41, 5.74) is 4.84. The lowest BCUT2D eigenvalue weighted by molar-refractivity contribution is -0.201. The number of imide groups is 1. The summed E-state index contributed by atoms with van der Waals surface area (Å²) in [6.07, 6.45) is -0.492. The van der Waals surface area contributed by atoms with Crippen LogP contribution in [-0.4, -0.2) is 34.4 Å². The number of hydroxylamine groups is 2. The highest BCUT2D eigenvalue weighted by atomic mass is 16.7. The van der Waals surface area contributed by atoms with Crippen LogP contribution in [-0.2, 0) is 35.4 Å². The Kier molecular flexibility index (Phi) is 5.30. The molecule has 1 saturated heterocycles. The number of esters is 1. The summed E-state index contributed by atoms with van der Waals surface area (Å²) in [4.78, 5) is 51.4. The molecule has 1 aliphatic heterocycles. The Labute approximate surface area is 138 Å². The molecule has 1 unspecified atom stereocenters. The average molecular weight is 334 g/mol. The summed E-state index contributed by atoms with van der Waals surface area (Å²) in [7, 11) is 0. The molecule has 8 heteroatoms. The van der Waals surface area contributed by atoms with Crippen LogP contribution in [0.3, 0.4) is 0 Å². The maximum absolute atomic E-state index is 12.0. The summed E-state index contributed by atoms with van der Waals surface area (Å²) in [5.74, 6) is -2.98. The minimum atomic E-state index is -1.73. The molecule has 2 rings (SSSR count). The van der Waals surface area contributed by atoms with Crippen molar-refractivity contribution in [1.82, 2.24) is 5.06 Å². The first kappa shape index (κ1) is 17.6. The van der Waals surface area contributed by atoms with E-state index < -0.39 is 35.7 Å². The van der Waals surface area contributed by atoms with Crippen LogP contribution in [0, 0.1) is 0 Å². The van der Waals surface area contributed by atoms with E-state index in [1.165, 1.54) is 6.92 Å². The van der Waals surface area contributed by atoms with E-state index in [4.69, 9.17) is 15.3 Å². The predicted octanol–water partition coefficient (Wildman–Crippen LogP) is 0.444. The number of ether oxygens (including phenoxy) is 1. The van der Waals surface area contributed by atoms with Gasteiger partial charge in [-0.1, -0.05) is 30.3 Å². The lowest BCUT2D eigenvalue weighted by Gasteiger charge is -2.23. The van der Waals surface area contributed by atoms with Gasteiger partial charge in [-0.25, -0.2) is 4.79 Å². The number of hydrogen-bond donors (Lipinski definition) is 1. The maximum atomic E-state index is 12.0. The molecule has 1 aromatic rings. The maximum Gasteiger partial charge on any atom is 0.353 e. The third kappa shape index (κ3) is 4.39. The first-order valence-electron chi connectivity index (χ1n) is 7.36. The number of amides is 2. The highest BCUT2D eigenvalue weighted by Gasteiger charge is 2.40. The van der Waals surface area contributed by atoms with Gasteiger partial charge in [0, 0.05) is 12.8 Å². The summed E-state index contributed by atoms with van der Waals surface area (Å²) < 4.78 is 5.05. The molecule has 0 radical (unpaired) electrons. The first-order valence-corrected chi connectivity index (χ1v) is 7.36. The van der Waals surface area contributed by atoms with Crippen molar-refractivity contribution >= 4 is 23.8 Å². The molecule has 128 valence electrons. The van der Waals surface area contributed by atoms with Gasteiger partial charge in [0.05, 0.1) is 6.42 Å². The molecule has 1 aliphatic rings. The van der Waals surface area contributed by atoms with Crippen molar-refractivity contribution < 1.29 is 28.8 Å². The fourth-order valence-electron chi connectivity index (χ4n) is 2.01. The Balaban J connectivity index is 1.87. The second-order valence-corrected chi connectivity index (χ2v) is 5.70. The zero-order valence-electron chi connectivity index (χ0n) is 13.2. The topological polar surface area (TPSA) is 116 Å². The standard InChI is InChI=1S/C16H18N2O6/c1-16(17,15(22)24-18-12(19)7-8-13(18)20)9-14(21)23-10-11-5-3-2-4-6-11/h2-6H,7-10,17H2,1H3. The van der Waals surface area contributed by atoms with E-state index in [0.717, 1.165) is 5.56 Å². The molecular weight excluding hydrogens is 316 g/mol. The summed E-state index contributed by atoms with van der Waals surface area (Å²) in [6.45, 7) is 1.32. The van der Waals surface area contributed by atoms with Crippen LogP contribution in [0.4, 0.5) is 0 Å². The fourth-order valence-corrected chi connectivity index (χ4v) is 2.01. The third-order valence-electron chi connectivity index (χ3n) is 3.40. The zero-order chi connectivity index (χ0) is 17.7. The Morgan fingerprint density at radius 2 is 1.75 bits per heavy atom. The van der Waals surface area contributed by atoms with E-state index in [2.05, 4.69) is 0 Å². The van der Waals surface area contributed by atoms with Crippen LogP contribution in [0.5, 0.6) is 0 Å². The molecule has 1 fully saturated rings. The number of nitrogens with two attached hydrogens (primary N) is 1. The number of benzene rings is 1. The van der Waals surface area contributed by atoms with Crippen LogP contribution >= 0.6 is 0 Å². The summed E-state index contributed by atoms with van der Waals surface area (Å²) in [5, 5.41) is 0.392. The monoisotopic (exact) mass is 334 g/mol. The van der Waals surface area contributed by atoms with E-state index in [1.54, 1.807) is 24.3 Å². The second-order valence-electron chi connectivity index (χ2n) is 5.70. The van der Waals surface area contributed by atoms with Gasteiger partial charge < -0.3 is 15.3 Å². The molecule has 8 nitrogen and oxygen atoms in total. The highest BCUT2D eigenvalue weighted by Crippen LogP contribution is 2.17. The molecule has 24 heavy (non-hydrogen) atoms. The van der Waals surface area contributed by atoms with Gasteiger partial charge in [-0.15, -0.1) is 5.06 Å². The minimum absolute atomic E-state index is 0.0213. The van der Waals surface area contributed by atoms with Gasteiger partial charge in [0.2, 0.25) is 0 Å². The number of rotatable bonds is 6. The van der Waals surface area contributed by atoms with E-state index in [1.807, 2.05) is 6.07 Å². The Bertz CT molecular complexity index is 640. The van der Waals surface area contributed by atoms with Crippen LogP contribution in [0.15, 0.2) is 30.3 Å². The van der Waals surface area contributed by atoms with Crippen molar-refractivity contribution in [3.05, 3.63) is 35.9 Å². The smallest absolute Gasteiger partial charge is 0.353 e. The van der Waals surface area contributed by atoms with Gasteiger partial charge in [-0.3, -0.25) is 14.4 Å². The molecule has 0 spiro atoms. The van der Waals surface area contributed by atoms with Crippen molar-refractivity contribution in [1.29, 1.82) is 0 Å². The normalized spacial score (nSPS) is 16.7. The molecule has 0 aliphatic carbocycles. The molecule has 1 heterocycles. The molecule has 2 amide bonds. The highest BCUT2D eigenvalue weighted by molar-refractivity contribution is 6.02. The van der Waals surface area contributed by atoms with Crippen molar-refractivity contribution in [2.24, 2.45) is 5.73 Å². The van der Waals surface area contributed by atoms with Crippen molar-refractivity contribution in [3.63, 3.8) is 0 Å². The molecule has 0 saturated carbocycles. The SMILES string of the molecule is CC(N)(CC(=O)OCc1ccccc1)C(=O)ON1C(=O)CCC1=O. The van der Waals surface area contributed by atoms with Gasteiger partial charge in [0.25, 0.3) is 11.8 Å². The Morgan fingerprint density at radius 3 is 2.33 bits per heavy atom. The van der Waals surface area contributed by atoms with E-state index in [9.17, 15) is 19.2 Å². The average Bonchev–Trinajstić information content (AvgIpc) is 2.85. The first-order chi connectivity index (χ1) is 11.3. The van der Waals surface area contributed by atoms with Gasteiger partial charge >= 0.3 is 11.9 Å². The van der Waals surface area contributed by atoms with Crippen LogP contribution in [0.1, 0.15) is 31.7 Å². The van der Waals surface area contributed by atoms with Gasteiger partial charge in [0.1, 0.15) is 12.1 Å². The molecule has 2 N–H and O–H groups in total. The van der Waals surface area contributed by atoms with Gasteiger partial charge in [0.15, 0.2) is 0 Å². The quantitative estimate of drug-likeness (QED) is 0.593. The Hall–Kier alpha value is -2.74. The van der Waals surface area contributed by atoms with Gasteiger partial charge in [-0.05, 0) is 12.5 Å². The lowest BCUT2D eigenvalue weighted by atomic mass is 10.00. The van der Waals surface area contributed by atoms with Crippen molar-refractivity contribution in [3.8, 4) is 0 Å². The number of carbonyl (C=O) groups is 4. The number of carbonyl (C=O) groups excluding carboxylic acids is 4. The molecular formula is C16H18N2O6. The van der Waals surface area contributed by atoms with Crippen LogP contribution in [0.25, 0.3) is 0 Å². The molecule has 0 aromatic heterocycles. The second kappa shape index (κ2) is 7.22. The zero-order valence-corrected chi connectivity index (χ0v) is 13.2. The fraction of sp³-hybridized carbons (Fsp3) is 0.375. The largest absolute Gasteiger partial charge is 0.461 e. The predicted molar refractivity (Wildman–Crippen MR) is 80.6 cm³/mol. The van der Waals surface area contributed by atoms with E-state index in [0.29, 0.717) is 5.06 Å². The molecule has 0 bridgehead atoms. The Morgan fingerprint density at radius 1 is 1.17 bits per heavy atom. The molecule has 1 atom stereocenters. The lowest BCUT2D eigenvalue weighted by Crippen LogP contribution is -2.50. The van der Waals surface area contributed by atoms with E-state index in [-0.39, 0.29) is 19.4 Å². The minimum Gasteiger partial charge on any atom is -0.461 e. The van der Waals surface area contributed by atoms with Gasteiger partial charge in [-0.2, -0.15) is 0 Å². The van der Waals surface area contributed by atoms with E-state index >= 15 is 0 Å². The van der Waals surface area contributed by atoms with Crippen LogP contribution < -0.4 is 5.73 Å². The van der Waals surface area contributed by atoms with Crippen LogP contribution in [0.2, 0.25) is 0 Å².